The predicted octanol–water partition coefficient (Wildman–Crippen LogP) is 1.95. The fourth-order valence-corrected chi connectivity index (χ4v) is 3.04. The largest absolute Gasteiger partial charge is 0.356 e. The van der Waals surface area contributed by atoms with Gasteiger partial charge in [0, 0.05) is 45.2 Å². The van der Waals surface area contributed by atoms with Crippen LogP contribution in [0.4, 0.5) is 0 Å². The van der Waals surface area contributed by atoms with Crippen LogP contribution in [0, 0.1) is 0 Å². The minimum absolute atomic E-state index is 0. The molecule has 1 saturated heterocycles. The summed E-state index contributed by atoms with van der Waals surface area (Å²) >= 11 is 0. The van der Waals surface area contributed by atoms with Crippen LogP contribution in [-0.2, 0) is 4.79 Å². The van der Waals surface area contributed by atoms with Crippen LogP contribution in [0.25, 0.3) is 0 Å². The van der Waals surface area contributed by atoms with Crippen LogP contribution < -0.4 is 16.0 Å². The molecule has 1 unspecified atom stereocenters. The second-order valence-electron chi connectivity index (χ2n) is 6.49. The first-order chi connectivity index (χ1) is 11.1. The van der Waals surface area contributed by atoms with Gasteiger partial charge in [-0.2, -0.15) is 0 Å². The van der Waals surface area contributed by atoms with E-state index in [4.69, 9.17) is 0 Å². The molecule has 142 valence electrons. The lowest BCUT2D eigenvalue weighted by Gasteiger charge is -2.35. The SMILES string of the molecule is CCC1CCCCN1CCNC(=NC)NCCC(=O)NC(C)C.I. The van der Waals surface area contributed by atoms with Gasteiger partial charge in [0.2, 0.25) is 5.91 Å². The van der Waals surface area contributed by atoms with Gasteiger partial charge in [-0.25, -0.2) is 0 Å². The number of rotatable bonds is 8. The molecule has 1 aliphatic rings. The lowest BCUT2D eigenvalue weighted by molar-refractivity contribution is -0.121. The van der Waals surface area contributed by atoms with Gasteiger partial charge in [-0.3, -0.25) is 14.7 Å². The smallest absolute Gasteiger partial charge is 0.221 e. The third-order valence-corrected chi connectivity index (χ3v) is 4.23. The van der Waals surface area contributed by atoms with Gasteiger partial charge in [0.1, 0.15) is 0 Å². The van der Waals surface area contributed by atoms with E-state index in [9.17, 15) is 4.79 Å². The van der Waals surface area contributed by atoms with Crippen LogP contribution in [0.3, 0.4) is 0 Å². The van der Waals surface area contributed by atoms with Crippen molar-refractivity contribution in [2.24, 2.45) is 4.99 Å². The Bertz CT molecular complexity index is 376. The number of likely N-dealkylation sites (tertiary alicyclic amines) is 1. The number of guanidine groups is 1. The number of nitrogens with zero attached hydrogens (tertiary/aromatic N) is 2. The monoisotopic (exact) mass is 453 g/mol. The number of piperidine rings is 1. The minimum atomic E-state index is 0. The van der Waals surface area contributed by atoms with Gasteiger partial charge in [0.25, 0.3) is 0 Å². The maximum absolute atomic E-state index is 11.6. The topological polar surface area (TPSA) is 68.8 Å². The molecule has 1 heterocycles. The maximum atomic E-state index is 11.6. The molecule has 0 saturated carbocycles. The van der Waals surface area contributed by atoms with Gasteiger partial charge in [-0.1, -0.05) is 13.3 Å². The highest BCUT2D eigenvalue weighted by atomic mass is 127. The molecule has 0 radical (unpaired) electrons. The maximum Gasteiger partial charge on any atom is 0.221 e. The molecule has 0 aromatic heterocycles. The van der Waals surface area contributed by atoms with E-state index >= 15 is 0 Å². The van der Waals surface area contributed by atoms with Crippen molar-refractivity contribution in [3.63, 3.8) is 0 Å². The van der Waals surface area contributed by atoms with Crippen molar-refractivity contribution in [1.29, 1.82) is 0 Å². The number of aliphatic imine (C=N–C) groups is 1. The molecule has 0 bridgehead atoms. The van der Waals surface area contributed by atoms with Crippen molar-refractivity contribution in [3.05, 3.63) is 0 Å². The summed E-state index contributed by atoms with van der Waals surface area (Å²) in [6.07, 6.45) is 5.70. The zero-order chi connectivity index (χ0) is 17.1. The average Bonchev–Trinajstić information content (AvgIpc) is 2.53. The molecule has 0 aromatic rings. The third-order valence-electron chi connectivity index (χ3n) is 4.23. The fraction of sp³-hybridized carbons (Fsp3) is 0.882. The summed E-state index contributed by atoms with van der Waals surface area (Å²) in [6.45, 7) is 9.95. The Hall–Kier alpha value is -0.570. The van der Waals surface area contributed by atoms with E-state index in [1.54, 1.807) is 7.05 Å². The van der Waals surface area contributed by atoms with E-state index in [-0.39, 0.29) is 35.9 Å². The first-order valence-electron chi connectivity index (χ1n) is 9.04. The van der Waals surface area contributed by atoms with E-state index in [1.807, 2.05) is 13.8 Å². The van der Waals surface area contributed by atoms with Crippen LogP contribution in [0.15, 0.2) is 4.99 Å². The number of carbonyl (C=O) groups is 1. The summed E-state index contributed by atoms with van der Waals surface area (Å²) in [7, 11) is 1.76. The van der Waals surface area contributed by atoms with Gasteiger partial charge >= 0.3 is 0 Å². The molecule has 3 N–H and O–H groups in total. The summed E-state index contributed by atoms with van der Waals surface area (Å²) in [5.74, 6) is 0.842. The molecule has 1 amide bonds. The number of hydrogen-bond acceptors (Lipinski definition) is 3. The van der Waals surface area contributed by atoms with E-state index in [0.29, 0.717) is 13.0 Å². The average molecular weight is 453 g/mol. The van der Waals surface area contributed by atoms with Crippen LogP contribution in [0.1, 0.15) is 52.9 Å². The highest BCUT2D eigenvalue weighted by molar-refractivity contribution is 14.0. The fourth-order valence-electron chi connectivity index (χ4n) is 3.04. The Kier molecular flexibility index (Phi) is 13.4. The van der Waals surface area contributed by atoms with Crippen molar-refractivity contribution in [2.75, 3.05) is 33.2 Å². The van der Waals surface area contributed by atoms with Crippen LogP contribution in [0.5, 0.6) is 0 Å². The first kappa shape index (κ1) is 23.4. The molecule has 1 aliphatic heterocycles. The number of halogens is 1. The van der Waals surface area contributed by atoms with Crippen LogP contribution in [0.2, 0.25) is 0 Å². The van der Waals surface area contributed by atoms with Gasteiger partial charge in [0.15, 0.2) is 5.96 Å². The first-order valence-corrected chi connectivity index (χ1v) is 9.04. The van der Waals surface area contributed by atoms with Crippen molar-refractivity contribution in [2.45, 2.75) is 65.0 Å². The Morgan fingerprint density at radius 1 is 1.25 bits per heavy atom. The van der Waals surface area contributed by atoms with Crippen molar-refractivity contribution >= 4 is 35.8 Å². The molecule has 1 rings (SSSR count). The van der Waals surface area contributed by atoms with Crippen molar-refractivity contribution in [1.82, 2.24) is 20.9 Å². The molecular weight excluding hydrogens is 417 g/mol. The lowest BCUT2D eigenvalue weighted by Crippen LogP contribution is -2.46. The predicted molar refractivity (Wildman–Crippen MR) is 112 cm³/mol. The summed E-state index contributed by atoms with van der Waals surface area (Å²) in [5.41, 5.74) is 0. The van der Waals surface area contributed by atoms with Crippen molar-refractivity contribution in [3.8, 4) is 0 Å². The summed E-state index contributed by atoms with van der Waals surface area (Å²) in [4.78, 5) is 18.4. The van der Waals surface area contributed by atoms with Gasteiger partial charge in [-0.15, -0.1) is 24.0 Å². The standard InChI is InChI=1S/C17H35N5O.HI/c1-5-15-8-6-7-12-22(15)13-11-20-17(18-4)19-10-9-16(23)21-14(2)3;/h14-15H,5-13H2,1-4H3,(H,21,23)(H2,18,19,20);1H. The van der Waals surface area contributed by atoms with E-state index in [0.717, 1.165) is 25.1 Å². The molecule has 0 spiro atoms. The van der Waals surface area contributed by atoms with E-state index in [2.05, 4.69) is 32.8 Å². The molecule has 24 heavy (non-hydrogen) atoms. The second-order valence-corrected chi connectivity index (χ2v) is 6.49. The summed E-state index contributed by atoms with van der Waals surface area (Å²) < 4.78 is 0. The van der Waals surface area contributed by atoms with Crippen molar-refractivity contribution < 1.29 is 4.79 Å². The number of hydrogen-bond donors (Lipinski definition) is 3. The highest BCUT2D eigenvalue weighted by Gasteiger charge is 2.19. The number of amides is 1. The summed E-state index contributed by atoms with van der Waals surface area (Å²) in [6, 6.07) is 0.927. The molecule has 0 aromatic carbocycles. The van der Waals surface area contributed by atoms with Gasteiger partial charge in [-0.05, 0) is 39.7 Å². The number of carbonyl (C=O) groups excluding carboxylic acids is 1. The molecule has 6 nitrogen and oxygen atoms in total. The van der Waals surface area contributed by atoms with E-state index in [1.165, 1.54) is 32.2 Å². The Labute approximate surface area is 164 Å². The van der Waals surface area contributed by atoms with Crippen LogP contribution >= 0.6 is 24.0 Å². The lowest BCUT2D eigenvalue weighted by atomic mass is 10.0. The minimum Gasteiger partial charge on any atom is -0.356 e. The quantitative estimate of drug-likeness (QED) is 0.299. The van der Waals surface area contributed by atoms with E-state index < -0.39 is 0 Å². The van der Waals surface area contributed by atoms with Gasteiger partial charge < -0.3 is 16.0 Å². The molecule has 1 fully saturated rings. The second kappa shape index (κ2) is 13.7. The highest BCUT2D eigenvalue weighted by Crippen LogP contribution is 2.18. The normalized spacial score (nSPS) is 18.9. The molecule has 0 aliphatic carbocycles. The summed E-state index contributed by atoms with van der Waals surface area (Å²) in [5, 5.41) is 9.42. The Morgan fingerprint density at radius 2 is 1.96 bits per heavy atom. The molecular formula is C17H36IN5O. The zero-order valence-corrected chi connectivity index (χ0v) is 18.1. The third kappa shape index (κ3) is 9.66. The van der Waals surface area contributed by atoms with Gasteiger partial charge in [0.05, 0.1) is 0 Å². The zero-order valence-electron chi connectivity index (χ0n) is 15.7. The Balaban J connectivity index is 0.00000529. The number of nitrogens with one attached hydrogen (secondary N) is 3. The van der Waals surface area contributed by atoms with Crippen LogP contribution in [-0.4, -0.2) is 62.1 Å². The molecule has 7 heteroatoms. The molecule has 1 atom stereocenters. The Morgan fingerprint density at radius 3 is 2.58 bits per heavy atom.